The number of aliphatic hydroxyl groups excluding tert-OH is 1. The van der Waals surface area contributed by atoms with Gasteiger partial charge >= 0.3 is 5.97 Å². The molecule has 0 spiro atoms. The Morgan fingerprint density at radius 3 is 2.78 bits per heavy atom. The van der Waals surface area contributed by atoms with Crippen molar-refractivity contribution in [2.24, 2.45) is 0 Å². The summed E-state index contributed by atoms with van der Waals surface area (Å²) in [6.45, 7) is 1.17. The number of methoxy groups -OCH3 is 1. The Morgan fingerprint density at radius 1 is 1.19 bits per heavy atom. The van der Waals surface area contributed by atoms with Gasteiger partial charge < -0.3 is 14.7 Å². The highest BCUT2D eigenvalue weighted by Gasteiger charge is 2.30. The summed E-state index contributed by atoms with van der Waals surface area (Å²) in [6.07, 6.45) is 3.26. The first-order chi connectivity index (χ1) is 13.2. The van der Waals surface area contributed by atoms with Gasteiger partial charge in [0.1, 0.15) is 5.82 Å². The number of hydrogen-bond donors (Lipinski definition) is 1. The number of rotatable bonds is 3. The van der Waals surface area contributed by atoms with Gasteiger partial charge in [-0.15, -0.1) is 0 Å². The number of ether oxygens (including phenoxy) is 1. The van der Waals surface area contributed by atoms with Crippen LogP contribution in [0.25, 0.3) is 10.8 Å². The quantitative estimate of drug-likeness (QED) is 0.721. The third-order valence-corrected chi connectivity index (χ3v) is 5.12. The van der Waals surface area contributed by atoms with Gasteiger partial charge in [0.2, 0.25) is 0 Å². The Morgan fingerprint density at radius 2 is 2.00 bits per heavy atom. The van der Waals surface area contributed by atoms with Gasteiger partial charge in [-0.25, -0.2) is 9.78 Å². The smallest absolute Gasteiger partial charge is 0.358 e. The minimum Gasteiger partial charge on any atom is -0.464 e. The third-order valence-electron chi connectivity index (χ3n) is 5.12. The number of β-amino-alcohol motifs (C(OH)–C–C–N with tert-alkyl or cyclic N) is 1. The number of aliphatic hydroxyl groups is 1. The van der Waals surface area contributed by atoms with Crippen molar-refractivity contribution in [1.82, 2.24) is 9.97 Å². The SMILES string of the molecule is COC(=O)c1cncc(N2CC[C@H](c3ccc4ccccc4c3)[C@@H](O)C2)n1. The maximum Gasteiger partial charge on any atom is 0.358 e. The van der Waals surface area contributed by atoms with Crippen LogP contribution in [0.4, 0.5) is 5.82 Å². The summed E-state index contributed by atoms with van der Waals surface area (Å²) in [6, 6.07) is 14.6. The zero-order chi connectivity index (χ0) is 18.8. The number of carbonyl (C=O) groups excluding carboxylic acids is 1. The molecular formula is C21H21N3O3. The normalized spacial score (nSPS) is 19.9. The predicted molar refractivity (Wildman–Crippen MR) is 103 cm³/mol. The summed E-state index contributed by atoms with van der Waals surface area (Å²) in [5.74, 6) is 0.132. The summed E-state index contributed by atoms with van der Waals surface area (Å²) in [7, 11) is 1.31. The second kappa shape index (κ2) is 7.32. The molecule has 1 aliphatic heterocycles. The Hall–Kier alpha value is -2.99. The molecule has 0 radical (unpaired) electrons. The van der Waals surface area contributed by atoms with E-state index in [2.05, 4.69) is 40.3 Å². The average Bonchev–Trinajstić information content (AvgIpc) is 2.73. The summed E-state index contributed by atoms with van der Waals surface area (Å²) in [5, 5.41) is 13.1. The van der Waals surface area contributed by atoms with Crippen molar-refractivity contribution >= 4 is 22.6 Å². The first-order valence-electron chi connectivity index (χ1n) is 8.98. The first-order valence-corrected chi connectivity index (χ1v) is 8.98. The van der Waals surface area contributed by atoms with Crippen molar-refractivity contribution in [2.45, 2.75) is 18.4 Å². The van der Waals surface area contributed by atoms with Gasteiger partial charge in [-0.3, -0.25) is 4.98 Å². The number of benzene rings is 2. The molecule has 1 aliphatic rings. The minimum atomic E-state index is -0.525. The van der Waals surface area contributed by atoms with Crippen LogP contribution in [0.15, 0.2) is 54.9 Å². The van der Waals surface area contributed by atoms with Crippen LogP contribution in [0, 0.1) is 0 Å². The molecule has 3 aromatic rings. The van der Waals surface area contributed by atoms with Crippen molar-refractivity contribution in [3.8, 4) is 0 Å². The van der Waals surface area contributed by atoms with Crippen LogP contribution < -0.4 is 4.90 Å². The third kappa shape index (κ3) is 3.48. The maximum atomic E-state index is 11.7. The van der Waals surface area contributed by atoms with Crippen LogP contribution in [0.2, 0.25) is 0 Å². The largest absolute Gasteiger partial charge is 0.464 e. The van der Waals surface area contributed by atoms with E-state index in [0.717, 1.165) is 18.5 Å². The Balaban J connectivity index is 1.53. The van der Waals surface area contributed by atoms with Crippen LogP contribution in [0.5, 0.6) is 0 Å². The number of aromatic nitrogens is 2. The van der Waals surface area contributed by atoms with Crippen molar-refractivity contribution in [1.29, 1.82) is 0 Å². The number of carbonyl (C=O) groups is 1. The van der Waals surface area contributed by atoms with Gasteiger partial charge in [0.15, 0.2) is 5.69 Å². The fraction of sp³-hybridized carbons (Fsp3) is 0.286. The van der Waals surface area contributed by atoms with Gasteiger partial charge in [-0.2, -0.15) is 0 Å². The molecule has 1 saturated heterocycles. The van der Waals surface area contributed by atoms with E-state index in [1.807, 2.05) is 17.0 Å². The van der Waals surface area contributed by atoms with E-state index in [9.17, 15) is 9.90 Å². The lowest BCUT2D eigenvalue weighted by Gasteiger charge is -2.36. The van der Waals surface area contributed by atoms with Crippen molar-refractivity contribution in [3.63, 3.8) is 0 Å². The lowest BCUT2D eigenvalue weighted by Crippen LogP contribution is -2.43. The lowest BCUT2D eigenvalue weighted by molar-refractivity contribution is 0.0593. The topological polar surface area (TPSA) is 75.5 Å². The first kappa shape index (κ1) is 17.4. The van der Waals surface area contributed by atoms with E-state index in [1.54, 1.807) is 6.20 Å². The fourth-order valence-corrected chi connectivity index (χ4v) is 3.68. The average molecular weight is 363 g/mol. The molecule has 2 aromatic carbocycles. The Labute approximate surface area is 157 Å². The van der Waals surface area contributed by atoms with Gasteiger partial charge in [0.25, 0.3) is 0 Å². The monoisotopic (exact) mass is 363 g/mol. The molecule has 6 heteroatoms. The molecule has 2 atom stereocenters. The second-order valence-electron chi connectivity index (χ2n) is 6.77. The van der Waals surface area contributed by atoms with Gasteiger partial charge in [0.05, 0.1) is 25.6 Å². The molecule has 4 rings (SSSR count). The highest BCUT2D eigenvalue weighted by atomic mass is 16.5. The fourth-order valence-electron chi connectivity index (χ4n) is 3.68. The van der Waals surface area contributed by atoms with Crippen LogP contribution in [-0.4, -0.2) is 47.3 Å². The number of hydrogen-bond acceptors (Lipinski definition) is 6. The summed E-state index contributed by atoms with van der Waals surface area (Å²) < 4.78 is 4.70. The number of piperidine rings is 1. The van der Waals surface area contributed by atoms with Crippen LogP contribution in [0.1, 0.15) is 28.4 Å². The number of anilines is 1. The van der Waals surface area contributed by atoms with E-state index < -0.39 is 12.1 Å². The molecule has 6 nitrogen and oxygen atoms in total. The zero-order valence-corrected chi connectivity index (χ0v) is 15.1. The molecule has 27 heavy (non-hydrogen) atoms. The summed E-state index contributed by atoms with van der Waals surface area (Å²) in [5.41, 5.74) is 1.32. The van der Waals surface area contributed by atoms with Crippen molar-refractivity contribution in [2.75, 3.05) is 25.1 Å². The molecule has 2 heterocycles. The van der Waals surface area contributed by atoms with E-state index >= 15 is 0 Å². The van der Waals surface area contributed by atoms with Crippen LogP contribution >= 0.6 is 0 Å². The minimum absolute atomic E-state index is 0.0719. The number of nitrogens with zero attached hydrogens (tertiary/aromatic N) is 3. The predicted octanol–water partition coefficient (Wildman–Crippen LogP) is 2.77. The van der Waals surface area contributed by atoms with E-state index in [4.69, 9.17) is 4.74 Å². The summed E-state index contributed by atoms with van der Waals surface area (Å²) in [4.78, 5) is 22.0. The van der Waals surface area contributed by atoms with E-state index in [0.29, 0.717) is 12.4 Å². The molecule has 1 aromatic heterocycles. The van der Waals surface area contributed by atoms with E-state index in [-0.39, 0.29) is 11.6 Å². The van der Waals surface area contributed by atoms with Crippen LogP contribution in [0.3, 0.4) is 0 Å². The highest BCUT2D eigenvalue weighted by Crippen LogP contribution is 2.32. The van der Waals surface area contributed by atoms with Gasteiger partial charge in [0, 0.05) is 19.0 Å². The van der Waals surface area contributed by atoms with Gasteiger partial charge in [-0.05, 0) is 22.8 Å². The molecule has 0 saturated carbocycles. The number of esters is 1. The maximum absolute atomic E-state index is 11.7. The number of fused-ring (bicyclic) bond motifs is 1. The molecule has 1 N–H and O–H groups in total. The molecular weight excluding hydrogens is 342 g/mol. The highest BCUT2D eigenvalue weighted by molar-refractivity contribution is 5.87. The van der Waals surface area contributed by atoms with Crippen molar-refractivity contribution in [3.05, 3.63) is 66.1 Å². The molecule has 0 bridgehead atoms. The molecule has 1 fully saturated rings. The molecule has 0 amide bonds. The second-order valence-corrected chi connectivity index (χ2v) is 6.77. The summed E-state index contributed by atoms with van der Waals surface area (Å²) >= 11 is 0. The zero-order valence-electron chi connectivity index (χ0n) is 15.1. The molecule has 138 valence electrons. The molecule has 0 unspecified atom stereocenters. The van der Waals surface area contributed by atoms with Crippen LogP contribution in [-0.2, 0) is 4.74 Å². The lowest BCUT2D eigenvalue weighted by atomic mass is 9.86. The van der Waals surface area contributed by atoms with Crippen molar-refractivity contribution < 1.29 is 14.6 Å². The Kier molecular flexibility index (Phi) is 4.73. The van der Waals surface area contributed by atoms with Gasteiger partial charge in [-0.1, -0.05) is 42.5 Å². The standard InChI is InChI=1S/C21H21N3O3/c1-27-21(26)18-11-22-12-20(23-18)24-9-8-17(19(25)13-24)16-7-6-14-4-2-3-5-15(14)10-16/h2-7,10-12,17,19,25H,8-9,13H2,1H3/t17-,19+/m1/s1. The van der Waals surface area contributed by atoms with E-state index in [1.165, 1.54) is 24.1 Å². The Bertz CT molecular complexity index is 976. The molecule has 0 aliphatic carbocycles.